The summed E-state index contributed by atoms with van der Waals surface area (Å²) in [6, 6.07) is 5.10. The van der Waals surface area contributed by atoms with E-state index in [9.17, 15) is 4.79 Å². The molecule has 1 N–H and O–H groups in total. The maximum Gasteiger partial charge on any atom is 0.412 e. The third kappa shape index (κ3) is 6.38. The fraction of sp³-hybridized carbons (Fsp3) is 0.333. The maximum absolute atomic E-state index is 11.2. The minimum atomic E-state index is -0.601. The summed E-state index contributed by atoms with van der Waals surface area (Å²) in [7, 11) is 1.28. The quantitative estimate of drug-likeness (QED) is 0.488. The van der Waals surface area contributed by atoms with Gasteiger partial charge in [0.05, 0.1) is 18.5 Å². The molecule has 8 heteroatoms. The van der Waals surface area contributed by atoms with E-state index in [1.54, 1.807) is 25.1 Å². The summed E-state index contributed by atoms with van der Waals surface area (Å²) >= 11 is 12.0. The second-order valence-electron chi connectivity index (χ2n) is 4.53. The molecule has 0 atom stereocenters. The van der Waals surface area contributed by atoms with Gasteiger partial charge in [0.1, 0.15) is 11.0 Å². The van der Waals surface area contributed by atoms with E-state index >= 15 is 0 Å². The van der Waals surface area contributed by atoms with Crippen LogP contribution in [0.4, 0.5) is 10.6 Å². The lowest BCUT2D eigenvalue weighted by molar-refractivity contribution is 0.187. The fourth-order valence-corrected chi connectivity index (χ4v) is 1.87. The molecule has 1 amide bonds. The molecule has 6 nitrogen and oxygen atoms in total. The smallest absolute Gasteiger partial charge is 0.412 e. The first kappa shape index (κ1) is 19.1. The Morgan fingerprint density at radius 1 is 1.30 bits per heavy atom. The number of pyridine rings is 1. The fourth-order valence-electron chi connectivity index (χ4n) is 1.40. The Balaban J connectivity index is 3.00. The standard InChI is InChI=1S/C15H18Cl2N4O2/c1-5-9(2)13(16)21-14(17)18-10(3)11-7-6-8-12(19-11)20-15(22)23-4/h6-8H,5H2,1-4H3,(H,19,20,22)/b13-9+,18-10?,21-14?. The van der Waals surface area contributed by atoms with Gasteiger partial charge in [0.25, 0.3) is 0 Å². The minimum Gasteiger partial charge on any atom is -0.453 e. The summed E-state index contributed by atoms with van der Waals surface area (Å²) in [5, 5.41) is 2.81. The molecule has 0 saturated carbocycles. The Morgan fingerprint density at radius 2 is 2.00 bits per heavy atom. The lowest BCUT2D eigenvalue weighted by Crippen LogP contribution is -2.13. The average molecular weight is 357 g/mol. The highest BCUT2D eigenvalue weighted by Gasteiger charge is 2.06. The van der Waals surface area contributed by atoms with Gasteiger partial charge in [-0.3, -0.25) is 5.32 Å². The molecule has 0 radical (unpaired) electrons. The molecule has 23 heavy (non-hydrogen) atoms. The number of amides is 1. The van der Waals surface area contributed by atoms with E-state index in [1.807, 2.05) is 13.8 Å². The molecule has 0 aromatic carbocycles. The van der Waals surface area contributed by atoms with E-state index in [-0.39, 0.29) is 5.29 Å². The normalized spacial score (nSPS) is 13.5. The average Bonchev–Trinajstić information content (AvgIpc) is 2.53. The minimum absolute atomic E-state index is 0.00781. The number of amidine groups is 1. The summed E-state index contributed by atoms with van der Waals surface area (Å²) in [5.74, 6) is 0.344. The number of allylic oxidation sites excluding steroid dienone is 1. The lowest BCUT2D eigenvalue weighted by atomic mass is 10.2. The first-order valence-corrected chi connectivity index (χ1v) is 7.60. The number of hydrogen-bond acceptors (Lipinski definition) is 4. The highest BCUT2D eigenvalue weighted by atomic mass is 35.5. The lowest BCUT2D eigenvalue weighted by Gasteiger charge is -2.05. The number of aromatic nitrogens is 1. The number of aliphatic imine (C=N–C) groups is 2. The van der Waals surface area contributed by atoms with Crippen LogP contribution in [0.3, 0.4) is 0 Å². The van der Waals surface area contributed by atoms with Crippen molar-refractivity contribution in [2.45, 2.75) is 27.2 Å². The maximum atomic E-state index is 11.2. The van der Waals surface area contributed by atoms with Crippen molar-refractivity contribution in [1.82, 2.24) is 4.98 Å². The summed E-state index contributed by atoms with van der Waals surface area (Å²) in [6.45, 7) is 5.57. The molecule has 1 rings (SSSR count). The molecule has 0 aliphatic carbocycles. The molecule has 0 fully saturated rings. The largest absolute Gasteiger partial charge is 0.453 e. The number of methoxy groups -OCH3 is 1. The Bertz CT molecular complexity index is 669. The number of nitrogens with one attached hydrogen (secondary N) is 1. The van der Waals surface area contributed by atoms with Crippen LogP contribution in [0, 0.1) is 0 Å². The second kappa shape index (κ2) is 9.27. The molecular formula is C15H18Cl2N4O2. The van der Waals surface area contributed by atoms with Gasteiger partial charge in [-0.15, -0.1) is 0 Å². The zero-order valence-corrected chi connectivity index (χ0v) is 14.9. The van der Waals surface area contributed by atoms with Gasteiger partial charge in [0.2, 0.25) is 5.29 Å². The zero-order chi connectivity index (χ0) is 17.4. The van der Waals surface area contributed by atoms with Crippen LogP contribution in [-0.4, -0.2) is 29.2 Å². The van der Waals surface area contributed by atoms with Crippen molar-refractivity contribution in [2.24, 2.45) is 9.98 Å². The molecule has 0 bridgehead atoms. The van der Waals surface area contributed by atoms with Crippen molar-refractivity contribution in [2.75, 3.05) is 12.4 Å². The van der Waals surface area contributed by atoms with Crippen LogP contribution in [0.5, 0.6) is 0 Å². The van der Waals surface area contributed by atoms with Gasteiger partial charge in [-0.1, -0.05) is 24.6 Å². The van der Waals surface area contributed by atoms with E-state index in [1.165, 1.54) is 7.11 Å². The predicted molar refractivity (Wildman–Crippen MR) is 94.6 cm³/mol. The molecule has 1 aromatic rings. The zero-order valence-electron chi connectivity index (χ0n) is 13.4. The Labute approximate surface area is 145 Å². The van der Waals surface area contributed by atoms with Crippen molar-refractivity contribution in [3.8, 4) is 0 Å². The van der Waals surface area contributed by atoms with Crippen LogP contribution >= 0.6 is 23.2 Å². The molecule has 0 unspecified atom stereocenters. The number of ether oxygens (including phenoxy) is 1. The van der Waals surface area contributed by atoms with Crippen LogP contribution in [0.2, 0.25) is 0 Å². The highest BCUT2D eigenvalue weighted by molar-refractivity contribution is 6.66. The number of carbonyl (C=O) groups is 1. The van der Waals surface area contributed by atoms with Crippen LogP contribution in [-0.2, 0) is 4.74 Å². The predicted octanol–water partition coefficient (Wildman–Crippen LogP) is 4.54. The third-order valence-corrected chi connectivity index (χ3v) is 3.44. The van der Waals surface area contributed by atoms with Gasteiger partial charge in [0, 0.05) is 0 Å². The van der Waals surface area contributed by atoms with Crippen molar-refractivity contribution >= 4 is 46.1 Å². The molecule has 0 spiro atoms. The Kier molecular flexibility index (Phi) is 7.71. The van der Waals surface area contributed by atoms with Gasteiger partial charge in [-0.05, 0) is 49.6 Å². The molecule has 1 heterocycles. The number of nitrogens with zero attached hydrogens (tertiary/aromatic N) is 3. The summed E-state index contributed by atoms with van der Waals surface area (Å²) in [6.07, 6.45) is 0.175. The summed E-state index contributed by atoms with van der Waals surface area (Å²) in [4.78, 5) is 23.6. The van der Waals surface area contributed by atoms with Crippen LogP contribution < -0.4 is 5.32 Å². The number of anilines is 1. The first-order chi connectivity index (χ1) is 10.9. The number of halogens is 2. The Hall–Kier alpha value is -1.92. The summed E-state index contributed by atoms with van der Waals surface area (Å²) in [5.41, 5.74) is 1.99. The first-order valence-electron chi connectivity index (χ1n) is 6.84. The van der Waals surface area contributed by atoms with E-state index < -0.39 is 6.09 Å². The monoisotopic (exact) mass is 356 g/mol. The van der Waals surface area contributed by atoms with Gasteiger partial charge in [-0.2, -0.15) is 0 Å². The van der Waals surface area contributed by atoms with Crippen LogP contribution in [0.15, 0.2) is 38.9 Å². The third-order valence-electron chi connectivity index (χ3n) is 2.87. The second-order valence-corrected chi connectivity index (χ2v) is 5.22. The molecule has 124 valence electrons. The van der Waals surface area contributed by atoms with E-state index in [0.717, 1.165) is 12.0 Å². The van der Waals surface area contributed by atoms with Crippen molar-refractivity contribution < 1.29 is 9.53 Å². The van der Waals surface area contributed by atoms with Crippen LogP contribution in [0.1, 0.15) is 32.9 Å². The molecule has 1 aromatic heterocycles. The van der Waals surface area contributed by atoms with Gasteiger partial charge < -0.3 is 4.74 Å². The van der Waals surface area contributed by atoms with Crippen molar-refractivity contribution in [3.05, 3.63) is 34.6 Å². The molecule has 0 saturated heterocycles. The molecular weight excluding hydrogens is 339 g/mol. The topological polar surface area (TPSA) is 75.9 Å². The van der Waals surface area contributed by atoms with Crippen LogP contribution in [0.25, 0.3) is 0 Å². The van der Waals surface area contributed by atoms with Crippen molar-refractivity contribution in [3.63, 3.8) is 0 Å². The molecule has 0 aliphatic rings. The van der Waals surface area contributed by atoms with Gasteiger partial charge in [0.15, 0.2) is 0 Å². The van der Waals surface area contributed by atoms with Gasteiger partial charge in [-0.25, -0.2) is 19.8 Å². The van der Waals surface area contributed by atoms with Crippen molar-refractivity contribution in [1.29, 1.82) is 0 Å². The molecule has 0 aliphatic heterocycles. The van der Waals surface area contributed by atoms with E-state index in [0.29, 0.717) is 22.4 Å². The SMILES string of the molecule is CC/C(C)=C(\Cl)N=C(Cl)N=C(C)c1cccc(NC(=O)OC)n1. The number of carbonyl (C=O) groups excluding carboxylic acids is 1. The number of hydrogen-bond donors (Lipinski definition) is 1. The van der Waals surface area contributed by atoms with E-state index in [2.05, 4.69) is 25.0 Å². The Morgan fingerprint density at radius 3 is 2.61 bits per heavy atom. The highest BCUT2D eigenvalue weighted by Crippen LogP contribution is 2.15. The van der Waals surface area contributed by atoms with Gasteiger partial charge >= 0.3 is 6.09 Å². The summed E-state index contributed by atoms with van der Waals surface area (Å²) < 4.78 is 4.52. The number of rotatable bonds is 4. The van der Waals surface area contributed by atoms with E-state index in [4.69, 9.17) is 23.2 Å².